The largest absolute Gasteiger partial charge is 0.497 e. The van der Waals surface area contributed by atoms with Gasteiger partial charge in [0.1, 0.15) is 17.3 Å². The highest BCUT2D eigenvalue weighted by Gasteiger charge is 2.12. The molecule has 1 aromatic heterocycles. The lowest BCUT2D eigenvalue weighted by Crippen LogP contribution is -2.38. The van der Waals surface area contributed by atoms with E-state index in [0.717, 1.165) is 15.2 Å². The molecule has 0 aliphatic carbocycles. The number of hydrogen-bond acceptors (Lipinski definition) is 7. The van der Waals surface area contributed by atoms with Gasteiger partial charge in [-0.1, -0.05) is 0 Å². The Labute approximate surface area is 153 Å². The molecule has 0 atom stereocenters. The predicted octanol–water partition coefficient (Wildman–Crippen LogP) is -0.347. The maximum atomic E-state index is 11.9. The molecule has 0 aliphatic heterocycles. The van der Waals surface area contributed by atoms with Crippen LogP contribution < -0.4 is 26.0 Å². The van der Waals surface area contributed by atoms with Crippen LogP contribution in [0.1, 0.15) is 0 Å². The monoisotopic (exact) mass is 377 g/mol. The van der Waals surface area contributed by atoms with Crippen molar-refractivity contribution in [2.24, 2.45) is 14.1 Å². The second-order valence-electron chi connectivity index (χ2n) is 5.44. The quantitative estimate of drug-likeness (QED) is 0.656. The fraction of sp³-hybridized carbons (Fsp3) is 0.294. The maximum absolute atomic E-state index is 11.9. The van der Waals surface area contributed by atoms with Crippen LogP contribution in [0.15, 0.2) is 39.9 Å². The second kappa shape index (κ2) is 8.70. The van der Waals surface area contributed by atoms with Crippen molar-refractivity contribution in [2.45, 2.75) is 0 Å². The van der Waals surface area contributed by atoms with E-state index < -0.39 is 29.7 Å². The summed E-state index contributed by atoms with van der Waals surface area (Å²) in [7, 11) is 4.25. The Morgan fingerprint density at radius 1 is 1.00 bits per heavy atom. The zero-order valence-electron chi connectivity index (χ0n) is 15.1. The SMILES string of the molecule is COc1ccc(OCC(=O)OCC(=O)Nc2cc(=O)n(C)c(=O)n2C)cc1. The lowest BCUT2D eigenvalue weighted by molar-refractivity contribution is -0.149. The number of carbonyl (C=O) groups is 2. The summed E-state index contributed by atoms with van der Waals surface area (Å²) >= 11 is 0. The summed E-state index contributed by atoms with van der Waals surface area (Å²) in [4.78, 5) is 46.9. The van der Waals surface area contributed by atoms with E-state index in [1.807, 2.05) is 0 Å². The first kappa shape index (κ1) is 19.8. The predicted molar refractivity (Wildman–Crippen MR) is 95.0 cm³/mol. The first-order chi connectivity index (χ1) is 12.8. The van der Waals surface area contributed by atoms with E-state index in [1.54, 1.807) is 24.3 Å². The van der Waals surface area contributed by atoms with E-state index in [4.69, 9.17) is 14.2 Å². The zero-order chi connectivity index (χ0) is 20.0. The van der Waals surface area contributed by atoms with Gasteiger partial charge < -0.3 is 19.5 Å². The molecule has 0 aliphatic rings. The summed E-state index contributed by atoms with van der Waals surface area (Å²) in [6, 6.07) is 7.67. The average molecular weight is 377 g/mol. The van der Waals surface area contributed by atoms with Crippen LogP contribution in [-0.2, 0) is 28.4 Å². The van der Waals surface area contributed by atoms with Gasteiger partial charge in [0, 0.05) is 20.2 Å². The number of carbonyl (C=O) groups excluding carboxylic acids is 2. The van der Waals surface area contributed by atoms with E-state index in [-0.39, 0.29) is 12.4 Å². The number of methoxy groups -OCH3 is 1. The standard InChI is InChI=1S/C17H19N3O7/c1-19-13(8-15(22)20(2)17(19)24)18-14(21)9-27-16(23)10-26-12-6-4-11(25-3)5-7-12/h4-8H,9-10H2,1-3H3,(H,18,21). The van der Waals surface area contributed by atoms with Crippen LogP contribution >= 0.6 is 0 Å². The Morgan fingerprint density at radius 2 is 1.63 bits per heavy atom. The highest BCUT2D eigenvalue weighted by atomic mass is 16.6. The average Bonchev–Trinajstić information content (AvgIpc) is 2.67. The van der Waals surface area contributed by atoms with E-state index in [0.29, 0.717) is 11.5 Å². The number of anilines is 1. The molecule has 1 N–H and O–H groups in total. The first-order valence-corrected chi connectivity index (χ1v) is 7.81. The smallest absolute Gasteiger partial charge is 0.344 e. The highest BCUT2D eigenvalue weighted by Crippen LogP contribution is 2.16. The summed E-state index contributed by atoms with van der Waals surface area (Å²) in [6.45, 7) is -0.974. The molecule has 1 amide bonds. The van der Waals surface area contributed by atoms with Crippen molar-refractivity contribution in [3.05, 3.63) is 51.2 Å². The number of amides is 1. The van der Waals surface area contributed by atoms with Gasteiger partial charge in [0.15, 0.2) is 13.2 Å². The van der Waals surface area contributed by atoms with Crippen LogP contribution in [-0.4, -0.2) is 41.3 Å². The van der Waals surface area contributed by atoms with Gasteiger partial charge in [0.25, 0.3) is 11.5 Å². The van der Waals surface area contributed by atoms with Crippen LogP contribution in [0.25, 0.3) is 0 Å². The number of rotatable bonds is 7. The Balaban J connectivity index is 1.83. The number of hydrogen-bond donors (Lipinski definition) is 1. The Hall–Kier alpha value is -3.56. The molecule has 0 radical (unpaired) electrons. The van der Waals surface area contributed by atoms with Crippen LogP contribution in [0.3, 0.4) is 0 Å². The minimum atomic E-state index is -0.751. The van der Waals surface area contributed by atoms with E-state index in [1.165, 1.54) is 21.2 Å². The highest BCUT2D eigenvalue weighted by molar-refractivity contribution is 5.92. The molecule has 2 rings (SSSR count). The third kappa shape index (κ3) is 5.21. The molecule has 0 fully saturated rings. The summed E-state index contributed by atoms with van der Waals surface area (Å²) < 4.78 is 17.0. The van der Waals surface area contributed by atoms with Crippen LogP contribution in [0.4, 0.5) is 5.82 Å². The summed E-state index contributed by atoms with van der Waals surface area (Å²) in [5.74, 6) is -0.368. The molecule has 144 valence electrons. The minimum Gasteiger partial charge on any atom is -0.497 e. The zero-order valence-corrected chi connectivity index (χ0v) is 15.1. The molecule has 0 spiro atoms. The van der Waals surface area contributed by atoms with Gasteiger partial charge >= 0.3 is 11.7 Å². The molecule has 1 aromatic carbocycles. The van der Waals surface area contributed by atoms with E-state index >= 15 is 0 Å². The summed E-state index contributed by atoms with van der Waals surface area (Å²) in [5, 5.41) is 2.34. The van der Waals surface area contributed by atoms with Crippen LogP contribution in [0.5, 0.6) is 11.5 Å². The van der Waals surface area contributed by atoms with Gasteiger partial charge in [0.05, 0.1) is 7.11 Å². The number of ether oxygens (including phenoxy) is 3. The molecule has 2 aromatic rings. The molecule has 27 heavy (non-hydrogen) atoms. The molecule has 0 bridgehead atoms. The number of esters is 1. The topological polar surface area (TPSA) is 118 Å². The van der Waals surface area contributed by atoms with Crippen LogP contribution in [0.2, 0.25) is 0 Å². The van der Waals surface area contributed by atoms with Crippen molar-refractivity contribution in [2.75, 3.05) is 25.6 Å². The van der Waals surface area contributed by atoms with Gasteiger partial charge in [-0.15, -0.1) is 0 Å². The molecule has 10 heteroatoms. The first-order valence-electron chi connectivity index (χ1n) is 7.81. The molecule has 10 nitrogen and oxygen atoms in total. The fourth-order valence-corrected chi connectivity index (χ4v) is 2.03. The maximum Gasteiger partial charge on any atom is 0.344 e. The Morgan fingerprint density at radius 3 is 2.26 bits per heavy atom. The normalized spacial score (nSPS) is 10.2. The third-order valence-corrected chi connectivity index (χ3v) is 3.57. The fourth-order valence-electron chi connectivity index (χ4n) is 2.03. The number of benzene rings is 1. The van der Waals surface area contributed by atoms with Gasteiger partial charge in [-0.2, -0.15) is 0 Å². The molecule has 0 saturated heterocycles. The van der Waals surface area contributed by atoms with Crippen molar-refractivity contribution in [3.8, 4) is 11.5 Å². The van der Waals surface area contributed by atoms with Crippen molar-refractivity contribution < 1.29 is 23.8 Å². The Bertz CT molecular complexity index is 944. The minimum absolute atomic E-state index is 0.00127. The lowest BCUT2D eigenvalue weighted by atomic mass is 10.3. The Kier molecular flexibility index (Phi) is 6.36. The van der Waals surface area contributed by atoms with Gasteiger partial charge in [-0.25, -0.2) is 9.59 Å². The lowest BCUT2D eigenvalue weighted by Gasteiger charge is -2.11. The number of aromatic nitrogens is 2. The number of nitrogens with one attached hydrogen (secondary N) is 1. The summed E-state index contributed by atoms with van der Waals surface area (Å²) in [6.07, 6.45) is 0. The summed E-state index contributed by atoms with van der Waals surface area (Å²) in [5.41, 5.74) is -1.17. The van der Waals surface area contributed by atoms with Gasteiger partial charge in [-0.3, -0.25) is 18.7 Å². The van der Waals surface area contributed by atoms with Crippen molar-refractivity contribution in [3.63, 3.8) is 0 Å². The van der Waals surface area contributed by atoms with Crippen LogP contribution in [0, 0.1) is 0 Å². The van der Waals surface area contributed by atoms with Crippen molar-refractivity contribution >= 4 is 17.7 Å². The van der Waals surface area contributed by atoms with E-state index in [9.17, 15) is 19.2 Å². The molecule has 1 heterocycles. The molecule has 0 saturated carbocycles. The second-order valence-corrected chi connectivity index (χ2v) is 5.44. The van der Waals surface area contributed by atoms with Crippen molar-refractivity contribution in [1.82, 2.24) is 9.13 Å². The van der Waals surface area contributed by atoms with Gasteiger partial charge in [0.2, 0.25) is 0 Å². The molecular weight excluding hydrogens is 358 g/mol. The molecular formula is C17H19N3O7. The van der Waals surface area contributed by atoms with Gasteiger partial charge in [-0.05, 0) is 24.3 Å². The van der Waals surface area contributed by atoms with Crippen molar-refractivity contribution in [1.29, 1.82) is 0 Å². The third-order valence-electron chi connectivity index (χ3n) is 3.57. The molecule has 0 unspecified atom stereocenters. The van der Waals surface area contributed by atoms with E-state index in [2.05, 4.69) is 5.32 Å². The number of nitrogens with zero attached hydrogens (tertiary/aromatic N) is 2.